The summed E-state index contributed by atoms with van der Waals surface area (Å²) in [5.74, 6) is -0.0752. The minimum absolute atomic E-state index is 0.0232. The van der Waals surface area contributed by atoms with Gasteiger partial charge in [0.15, 0.2) is 0 Å². The monoisotopic (exact) mass is 400 g/mol. The van der Waals surface area contributed by atoms with E-state index in [1.54, 1.807) is 4.90 Å². The van der Waals surface area contributed by atoms with Crippen LogP contribution in [0.5, 0.6) is 0 Å². The van der Waals surface area contributed by atoms with E-state index in [0.29, 0.717) is 25.1 Å². The first kappa shape index (κ1) is 21.3. The molecule has 0 atom stereocenters. The maximum absolute atomic E-state index is 13.5. The highest BCUT2D eigenvalue weighted by atomic mass is 16.2. The second-order valence-electron chi connectivity index (χ2n) is 7.49. The fourth-order valence-corrected chi connectivity index (χ4v) is 3.39. The Labute approximate surface area is 178 Å². The number of carbonyl (C=O) groups excluding carboxylic acids is 2. The van der Waals surface area contributed by atoms with Gasteiger partial charge in [-0.1, -0.05) is 60.2 Å². The fourth-order valence-electron chi connectivity index (χ4n) is 3.39. The third-order valence-electron chi connectivity index (χ3n) is 5.04. The largest absolute Gasteiger partial charge is 0.356 e. The Kier molecular flexibility index (Phi) is 7.02. The standard InChI is InChI=1S/C26H28N2O2/c1-4-27-25(29)17-22-9-7-10-23(16-22)28(18-21-14-12-19(2)13-15-21)26(30)24-11-6-5-8-20(24)3/h5-16H,4,17-18H2,1-3H3,(H,27,29). The SMILES string of the molecule is CCNC(=O)Cc1cccc(N(Cc2ccc(C)cc2)C(=O)c2ccccc2C)c1. The van der Waals surface area contributed by atoms with Crippen molar-refractivity contribution in [1.82, 2.24) is 5.32 Å². The third-order valence-corrected chi connectivity index (χ3v) is 5.04. The molecule has 3 aromatic carbocycles. The molecule has 0 saturated heterocycles. The molecule has 0 aliphatic heterocycles. The number of carbonyl (C=O) groups is 2. The Balaban J connectivity index is 1.96. The van der Waals surface area contributed by atoms with E-state index in [1.165, 1.54) is 5.56 Å². The molecule has 1 N–H and O–H groups in total. The number of likely N-dealkylation sites (N-methyl/N-ethyl adjacent to an activating group) is 1. The van der Waals surface area contributed by atoms with Gasteiger partial charge < -0.3 is 10.2 Å². The third kappa shape index (κ3) is 5.35. The minimum Gasteiger partial charge on any atom is -0.356 e. The molecule has 0 aromatic heterocycles. The van der Waals surface area contributed by atoms with Crippen molar-refractivity contribution < 1.29 is 9.59 Å². The van der Waals surface area contributed by atoms with Gasteiger partial charge in [0, 0.05) is 17.8 Å². The lowest BCUT2D eigenvalue weighted by atomic mass is 10.0. The van der Waals surface area contributed by atoms with Crippen LogP contribution in [0, 0.1) is 13.8 Å². The van der Waals surface area contributed by atoms with Crippen LogP contribution in [0.4, 0.5) is 5.69 Å². The second-order valence-corrected chi connectivity index (χ2v) is 7.49. The zero-order chi connectivity index (χ0) is 21.5. The maximum Gasteiger partial charge on any atom is 0.258 e. The number of nitrogens with zero attached hydrogens (tertiary/aromatic N) is 1. The predicted molar refractivity (Wildman–Crippen MR) is 122 cm³/mol. The van der Waals surface area contributed by atoms with E-state index in [2.05, 4.69) is 17.4 Å². The van der Waals surface area contributed by atoms with E-state index in [-0.39, 0.29) is 11.8 Å². The summed E-state index contributed by atoms with van der Waals surface area (Å²) in [5.41, 5.74) is 5.51. The Morgan fingerprint density at radius 3 is 2.30 bits per heavy atom. The van der Waals surface area contributed by atoms with E-state index in [9.17, 15) is 9.59 Å². The van der Waals surface area contributed by atoms with Gasteiger partial charge in [0.2, 0.25) is 5.91 Å². The number of aryl methyl sites for hydroxylation is 2. The molecule has 0 fully saturated rings. The van der Waals surface area contributed by atoms with Gasteiger partial charge in [-0.2, -0.15) is 0 Å². The number of nitrogens with one attached hydrogen (secondary N) is 1. The molecule has 154 valence electrons. The number of anilines is 1. The summed E-state index contributed by atoms with van der Waals surface area (Å²) >= 11 is 0. The van der Waals surface area contributed by atoms with E-state index in [1.807, 2.05) is 81.4 Å². The van der Waals surface area contributed by atoms with Crippen LogP contribution in [0.2, 0.25) is 0 Å². The molecule has 4 nitrogen and oxygen atoms in total. The zero-order valence-corrected chi connectivity index (χ0v) is 17.8. The highest BCUT2D eigenvalue weighted by Gasteiger charge is 2.20. The summed E-state index contributed by atoms with van der Waals surface area (Å²) in [6.07, 6.45) is 0.290. The average Bonchev–Trinajstić information content (AvgIpc) is 2.73. The van der Waals surface area contributed by atoms with Gasteiger partial charge >= 0.3 is 0 Å². The van der Waals surface area contributed by atoms with Crippen LogP contribution in [-0.4, -0.2) is 18.4 Å². The highest BCUT2D eigenvalue weighted by Crippen LogP contribution is 2.23. The highest BCUT2D eigenvalue weighted by molar-refractivity contribution is 6.07. The minimum atomic E-state index is -0.0520. The van der Waals surface area contributed by atoms with Crippen molar-refractivity contribution in [2.24, 2.45) is 0 Å². The summed E-state index contributed by atoms with van der Waals surface area (Å²) in [6, 6.07) is 23.5. The van der Waals surface area contributed by atoms with Gasteiger partial charge in [0.1, 0.15) is 0 Å². The van der Waals surface area contributed by atoms with Gasteiger partial charge in [-0.25, -0.2) is 0 Å². The fraction of sp³-hybridized carbons (Fsp3) is 0.231. The van der Waals surface area contributed by atoms with Crippen LogP contribution in [-0.2, 0) is 17.8 Å². The molecule has 0 aliphatic carbocycles. The molecule has 0 spiro atoms. The number of amides is 2. The molecule has 0 bridgehead atoms. The molecular formula is C26H28N2O2. The molecule has 0 unspecified atom stereocenters. The van der Waals surface area contributed by atoms with E-state index in [4.69, 9.17) is 0 Å². The topological polar surface area (TPSA) is 49.4 Å². The molecule has 30 heavy (non-hydrogen) atoms. The Hall–Kier alpha value is -3.40. The number of rotatable bonds is 7. The lowest BCUT2D eigenvalue weighted by molar-refractivity contribution is -0.120. The van der Waals surface area contributed by atoms with Gasteiger partial charge in [-0.15, -0.1) is 0 Å². The van der Waals surface area contributed by atoms with Crippen LogP contribution in [0.3, 0.4) is 0 Å². The number of benzene rings is 3. The summed E-state index contributed by atoms with van der Waals surface area (Å²) in [6.45, 7) is 6.95. The Morgan fingerprint density at radius 2 is 1.60 bits per heavy atom. The van der Waals surface area contributed by atoms with Crippen molar-refractivity contribution in [3.05, 3.63) is 101 Å². The molecule has 4 heteroatoms. The number of hydrogen-bond acceptors (Lipinski definition) is 2. The first-order valence-electron chi connectivity index (χ1n) is 10.3. The van der Waals surface area contributed by atoms with Crippen LogP contribution < -0.4 is 10.2 Å². The summed E-state index contributed by atoms with van der Waals surface area (Å²) in [4.78, 5) is 27.3. The predicted octanol–water partition coefficient (Wildman–Crippen LogP) is 4.83. The van der Waals surface area contributed by atoms with Crippen molar-refractivity contribution in [3.63, 3.8) is 0 Å². The zero-order valence-electron chi connectivity index (χ0n) is 17.8. The molecule has 0 saturated carbocycles. The number of hydrogen-bond donors (Lipinski definition) is 1. The second kappa shape index (κ2) is 9.88. The van der Waals surface area contributed by atoms with Crippen molar-refractivity contribution in [1.29, 1.82) is 0 Å². The van der Waals surface area contributed by atoms with Crippen molar-refractivity contribution in [2.75, 3.05) is 11.4 Å². The van der Waals surface area contributed by atoms with Gasteiger partial charge in [-0.3, -0.25) is 9.59 Å². The van der Waals surface area contributed by atoms with E-state index in [0.717, 1.165) is 22.4 Å². The van der Waals surface area contributed by atoms with Crippen LogP contribution in [0.25, 0.3) is 0 Å². The van der Waals surface area contributed by atoms with E-state index >= 15 is 0 Å². The molecule has 0 aliphatic rings. The first-order valence-corrected chi connectivity index (χ1v) is 10.3. The molecular weight excluding hydrogens is 372 g/mol. The first-order chi connectivity index (χ1) is 14.5. The van der Waals surface area contributed by atoms with Crippen LogP contribution in [0.1, 0.15) is 39.5 Å². The quantitative estimate of drug-likeness (QED) is 0.618. The molecule has 3 aromatic rings. The Morgan fingerprint density at radius 1 is 0.867 bits per heavy atom. The van der Waals surface area contributed by atoms with Crippen LogP contribution in [0.15, 0.2) is 72.8 Å². The summed E-state index contributed by atoms with van der Waals surface area (Å²) in [5, 5.41) is 2.82. The molecule has 2 amide bonds. The molecule has 3 rings (SSSR count). The van der Waals surface area contributed by atoms with Gasteiger partial charge in [-0.05, 0) is 55.7 Å². The maximum atomic E-state index is 13.5. The van der Waals surface area contributed by atoms with Crippen molar-refractivity contribution in [2.45, 2.75) is 33.7 Å². The van der Waals surface area contributed by atoms with Crippen LogP contribution >= 0.6 is 0 Å². The summed E-state index contributed by atoms with van der Waals surface area (Å²) in [7, 11) is 0. The lowest BCUT2D eigenvalue weighted by Gasteiger charge is -2.24. The smallest absolute Gasteiger partial charge is 0.258 e. The molecule has 0 radical (unpaired) electrons. The van der Waals surface area contributed by atoms with Gasteiger partial charge in [0.05, 0.1) is 13.0 Å². The average molecular weight is 401 g/mol. The van der Waals surface area contributed by atoms with E-state index < -0.39 is 0 Å². The lowest BCUT2D eigenvalue weighted by Crippen LogP contribution is -2.31. The van der Waals surface area contributed by atoms with Crippen molar-refractivity contribution in [3.8, 4) is 0 Å². The van der Waals surface area contributed by atoms with Crippen molar-refractivity contribution >= 4 is 17.5 Å². The molecule has 0 heterocycles. The summed E-state index contributed by atoms with van der Waals surface area (Å²) < 4.78 is 0. The normalized spacial score (nSPS) is 10.5. The van der Waals surface area contributed by atoms with Gasteiger partial charge in [0.25, 0.3) is 5.91 Å². The Bertz CT molecular complexity index is 1030.